The molecular formula is C21H20FN3O2. The van der Waals surface area contributed by atoms with Gasteiger partial charge in [-0.2, -0.15) is 5.26 Å². The third-order valence-corrected chi connectivity index (χ3v) is 4.72. The maximum Gasteiger partial charge on any atom is 0.253 e. The lowest BCUT2D eigenvalue weighted by Crippen LogP contribution is -2.35. The van der Waals surface area contributed by atoms with Crippen molar-refractivity contribution in [1.29, 1.82) is 5.26 Å². The van der Waals surface area contributed by atoms with Gasteiger partial charge in [-0.05, 0) is 55.8 Å². The highest BCUT2D eigenvalue weighted by atomic mass is 19.1. The van der Waals surface area contributed by atoms with E-state index in [0.717, 1.165) is 12.1 Å². The zero-order valence-corrected chi connectivity index (χ0v) is 15.1. The number of amides is 1. The average Bonchev–Trinajstić information content (AvgIpc) is 2.93. The molecule has 0 spiro atoms. The van der Waals surface area contributed by atoms with E-state index in [-0.39, 0.29) is 17.5 Å². The summed E-state index contributed by atoms with van der Waals surface area (Å²) < 4.78 is 13.1. The Labute approximate surface area is 157 Å². The van der Waals surface area contributed by atoms with Crippen molar-refractivity contribution in [1.82, 2.24) is 4.90 Å². The third-order valence-electron chi connectivity index (χ3n) is 4.72. The lowest BCUT2D eigenvalue weighted by Gasteiger charge is -2.25. The highest BCUT2D eigenvalue weighted by Gasteiger charge is 2.22. The Morgan fingerprint density at radius 1 is 1.04 bits per heavy atom. The third kappa shape index (κ3) is 4.14. The van der Waals surface area contributed by atoms with Gasteiger partial charge in [0.1, 0.15) is 5.82 Å². The molecule has 3 rings (SSSR count). The van der Waals surface area contributed by atoms with E-state index in [1.54, 1.807) is 23.1 Å². The van der Waals surface area contributed by atoms with Crippen LogP contribution in [0.1, 0.15) is 39.6 Å². The Kier molecular flexibility index (Phi) is 5.51. The van der Waals surface area contributed by atoms with Gasteiger partial charge in [0.05, 0.1) is 11.6 Å². The van der Waals surface area contributed by atoms with Crippen LogP contribution >= 0.6 is 0 Å². The largest absolute Gasteiger partial charge is 0.369 e. The van der Waals surface area contributed by atoms with E-state index in [1.807, 2.05) is 0 Å². The van der Waals surface area contributed by atoms with Gasteiger partial charge in [0, 0.05) is 43.0 Å². The summed E-state index contributed by atoms with van der Waals surface area (Å²) in [4.78, 5) is 28.4. The maximum absolute atomic E-state index is 13.1. The van der Waals surface area contributed by atoms with E-state index in [9.17, 15) is 19.2 Å². The molecular weight excluding hydrogens is 345 g/mol. The van der Waals surface area contributed by atoms with E-state index in [0.29, 0.717) is 42.9 Å². The summed E-state index contributed by atoms with van der Waals surface area (Å²) in [6.07, 6.45) is 0.737. The number of nitrogens with zero attached hydrogens (tertiary/aromatic N) is 3. The molecule has 2 aromatic carbocycles. The molecule has 138 valence electrons. The number of carbonyl (C=O) groups is 2. The Morgan fingerprint density at radius 3 is 2.44 bits per heavy atom. The minimum Gasteiger partial charge on any atom is -0.369 e. The van der Waals surface area contributed by atoms with Crippen molar-refractivity contribution in [3.63, 3.8) is 0 Å². The molecule has 0 unspecified atom stereocenters. The Bertz CT molecular complexity index is 903. The summed E-state index contributed by atoms with van der Waals surface area (Å²) >= 11 is 0. The van der Waals surface area contributed by atoms with Gasteiger partial charge in [-0.25, -0.2) is 4.39 Å². The molecule has 0 aliphatic carbocycles. The summed E-state index contributed by atoms with van der Waals surface area (Å²) in [5.74, 6) is -0.560. The van der Waals surface area contributed by atoms with Crippen molar-refractivity contribution in [2.75, 3.05) is 31.1 Å². The van der Waals surface area contributed by atoms with Crippen molar-refractivity contribution >= 4 is 17.4 Å². The molecule has 1 aliphatic heterocycles. The number of rotatable bonds is 3. The van der Waals surface area contributed by atoms with Crippen molar-refractivity contribution in [3.05, 3.63) is 65.0 Å². The molecule has 0 aromatic heterocycles. The van der Waals surface area contributed by atoms with Crippen LogP contribution < -0.4 is 4.90 Å². The van der Waals surface area contributed by atoms with Gasteiger partial charge in [-0.3, -0.25) is 9.59 Å². The molecule has 1 aliphatic rings. The summed E-state index contributed by atoms with van der Waals surface area (Å²) in [5.41, 5.74) is 2.27. The predicted molar refractivity (Wildman–Crippen MR) is 100 cm³/mol. The smallest absolute Gasteiger partial charge is 0.253 e. The SMILES string of the molecule is CC(=O)c1ccc(C#N)cc1N1CCCN(C(=O)c2ccc(F)cc2)CC1. The second-order valence-corrected chi connectivity index (χ2v) is 6.54. The van der Waals surface area contributed by atoms with Crippen molar-refractivity contribution in [2.24, 2.45) is 0 Å². The van der Waals surface area contributed by atoms with Gasteiger partial charge in [0.15, 0.2) is 5.78 Å². The minimum atomic E-state index is -0.372. The second kappa shape index (κ2) is 8.00. The number of benzene rings is 2. The van der Waals surface area contributed by atoms with Gasteiger partial charge in [-0.1, -0.05) is 0 Å². The van der Waals surface area contributed by atoms with E-state index in [1.165, 1.54) is 31.2 Å². The van der Waals surface area contributed by atoms with Crippen molar-refractivity contribution in [2.45, 2.75) is 13.3 Å². The van der Waals surface area contributed by atoms with Crippen LogP contribution in [0.25, 0.3) is 0 Å². The number of hydrogen-bond donors (Lipinski definition) is 0. The maximum atomic E-state index is 13.1. The van der Waals surface area contributed by atoms with Gasteiger partial charge in [0.2, 0.25) is 0 Å². The van der Waals surface area contributed by atoms with Crippen LogP contribution in [0.4, 0.5) is 10.1 Å². The van der Waals surface area contributed by atoms with E-state index < -0.39 is 0 Å². The summed E-state index contributed by atoms with van der Waals surface area (Å²) in [6.45, 7) is 3.82. The molecule has 2 aromatic rings. The fourth-order valence-electron chi connectivity index (χ4n) is 3.30. The minimum absolute atomic E-state index is 0.0574. The van der Waals surface area contributed by atoms with Crippen LogP contribution in [0.3, 0.4) is 0 Å². The first-order chi connectivity index (χ1) is 13.0. The van der Waals surface area contributed by atoms with Crippen molar-refractivity contribution < 1.29 is 14.0 Å². The Balaban J connectivity index is 1.79. The molecule has 27 heavy (non-hydrogen) atoms. The summed E-state index contributed by atoms with van der Waals surface area (Å²) in [5, 5.41) is 9.17. The number of hydrogen-bond acceptors (Lipinski definition) is 4. The molecule has 1 fully saturated rings. The lowest BCUT2D eigenvalue weighted by atomic mass is 10.1. The van der Waals surface area contributed by atoms with Crippen LogP contribution in [0, 0.1) is 17.1 Å². The van der Waals surface area contributed by atoms with Crippen molar-refractivity contribution in [3.8, 4) is 6.07 Å². The highest BCUT2D eigenvalue weighted by molar-refractivity contribution is 6.00. The van der Waals surface area contributed by atoms with E-state index >= 15 is 0 Å². The summed E-state index contributed by atoms with van der Waals surface area (Å²) in [6, 6.07) is 12.7. The van der Waals surface area contributed by atoms with Gasteiger partial charge < -0.3 is 9.80 Å². The average molecular weight is 365 g/mol. The molecule has 0 radical (unpaired) electrons. The number of halogens is 1. The second-order valence-electron chi connectivity index (χ2n) is 6.54. The quantitative estimate of drug-likeness (QED) is 0.783. The zero-order valence-electron chi connectivity index (χ0n) is 15.1. The number of ketones is 1. The molecule has 1 heterocycles. The number of anilines is 1. The molecule has 1 amide bonds. The molecule has 5 nitrogen and oxygen atoms in total. The fraction of sp³-hybridized carbons (Fsp3) is 0.286. The molecule has 0 saturated carbocycles. The van der Waals surface area contributed by atoms with Crippen LogP contribution in [0.15, 0.2) is 42.5 Å². The molecule has 1 saturated heterocycles. The first kappa shape index (κ1) is 18.6. The zero-order chi connectivity index (χ0) is 19.4. The number of carbonyl (C=O) groups excluding carboxylic acids is 2. The number of nitriles is 1. The predicted octanol–water partition coefficient (Wildman–Crippen LogP) is 3.25. The van der Waals surface area contributed by atoms with Crippen LogP contribution in [-0.2, 0) is 0 Å². The van der Waals surface area contributed by atoms with Crippen LogP contribution in [0.2, 0.25) is 0 Å². The van der Waals surface area contributed by atoms with Crippen LogP contribution in [0.5, 0.6) is 0 Å². The molecule has 0 bridgehead atoms. The topological polar surface area (TPSA) is 64.4 Å². The molecule has 6 heteroatoms. The first-order valence-electron chi connectivity index (χ1n) is 8.84. The fourth-order valence-corrected chi connectivity index (χ4v) is 3.30. The highest BCUT2D eigenvalue weighted by Crippen LogP contribution is 2.24. The Morgan fingerprint density at radius 2 is 1.78 bits per heavy atom. The first-order valence-corrected chi connectivity index (χ1v) is 8.84. The van der Waals surface area contributed by atoms with E-state index in [4.69, 9.17) is 0 Å². The normalized spacial score (nSPS) is 14.4. The van der Waals surface area contributed by atoms with E-state index in [2.05, 4.69) is 11.0 Å². The monoisotopic (exact) mass is 365 g/mol. The standard InChI is InChI=1S/C21H20FN3O2/c1-15(26)19-8-3-16(14-23)13-20(19)24-9-2-10-25(12-11-24)21(27)17-4-6-18(22)7-5-17/h3-8,13H,2,9-12H2,1H3. The van der Waals surface area contributed by atoms with Crippen LogP contribution in [-0.4, -0.2) is 42.8 Å². The molecule has 0 atom stereocenters. The lowest BCUT2D eigenvalue weighted by molar-refractivity contribution is 0.0766. The summed E-state index contributed by atoms with van der Waals surface area (Å²) in [7, 11) is 0. The number of Topliss-reactive ketones (excluding diaryl/α,β-unsaturated/α-hetero) is 1. The van der Waals surface area contributed by atoms with Gasteiger partial charge in [-0.15, -0.1) is 0 Å². The Hall–Kier alpha value is -3.20. The molecule has 0 N–H and O–H groups in total. The van der Waals surface area contributed by atoms with Gasteiger partial charge >= 0.3 is 0 Å². The van der Waals surface area contributed by atoms with Gasteiger partial charge in [0.25, 0.3) is 5.91 Å².